The van der Waals surface area contributed by atoms with E-state index in [2.05, 4.69) is 15.3 Å². The number of anilines is 2. The summed E-state index contributed by atoms with van der Waals surface area (Å²) in [4.78, 5) is 8.21. The largest absolute Gasteiger partial charge is 0.383 e. The minimum Gasteiger partial charge on any atom is -0.383 e. The van der Waals surface area contributed by atoms with Crippen LogP contribution in [0.15, 0.2) is 6.33 Å². The van der Waals surface area contributed by atoms with Crippen molar-refractivity contribution >= 4 is 17.3 Å². The summed E-state index contributed by atoms with van der Waals surface area (Å²) in [5, 5.41) is 11.2. The molecule has 4 N–H and O–H groups in total. The van der Waals surface area contributed by atoms with Crippen LogP contribution >= 0.6 is 0 Å². The molecule has 0 amide bonds. The molecule has 1 aliphatic carbocycles. The molecule has 1 aromatic heterocycles. The van der Waals surface area contributed by atoms with Crippen LogP contribution < -0.4 is 11.1 Å². The monoisotopic (exact) mass is 307 g/mol. The van der Waals surface area contributed by atoms with Gasteiger partial charge >= 0.3 is 0 Å². The second-order valence-electron chi connectivity index (χ2n) is 5.59. The first kappa shape index (κ1) is 16.6. The Morgan fingerprint density at radius 2 is 2.05 bits per heavy atom. The summed E-state index contributed by atoms with van der Waals surface area (Å²) < 4.78 is 10.8. The van der Waals surface area contributed by atoms with Crippen LogP contribution in [-0.4, -0.2) is 48.1 Å². The summed E-state index contributed by atoms with van der Waals surface area (Å²) in [6.07, 6.45) is 5.80. The van der Waals surface area contributed by atoms with Crippen LogP contribution in [0.1, 0.15) is 38.2 Å². The predicted molar refractivity (Wildman–Crippen MR) is 86.4 cm³/mol. The van der Waals surface area contributed by atoms with Crippen LogP contribution in [0.25, 0.3) is 0 Å². The first-order valence-electron chi connectivity index (χ1n) is 7.65. The molecule has 22 heavy (non-hydrogen) atoms. The van der Waals surface area contributed by atoms with Crippen molar-refractivity contribution in [2.45, 2.75) is 44.8 Å². The number of nitrogens with one attached hydrogen (secondary N) is 2. The van der Waals surface area contributed by atoms with Crippen molar-refractivity contribution in [3.8, 4) is 0 Å². The lowest BCUT2D eigenvalue weighted by Crippen LogP contribution is -2.31. The second-order valence-corrected chi connectivity index (χ2v) is 5.59. The van der Waals surface area contributed by atoms with E-state index in [9.17, 15) is 0 Å². The average Bonchev–Trinajstić information content (AvgIpc) is 2.49. The van der Waals surface area contributed by atoms with E-state index in [1.54, 1.807) is 14.0 Å². The van der Waals surface area contributed by atoms with Gasteiger partial charge in [-0.2, -0.15) is 0 Å². The third-order valence-electron chi connectivity index (χ3n) is 3.91. The Bertz CT molecular complexity index is 501. The molecule has 0 atom stereocenters. The zero-order valence-corrected chi connectivity index (χ0v) is 13.3. The summed E-state index contributed by atoms with van der Waals surface area (Å²) in [6.45, 7) is 2.99. The molecule has 1 fully saturated rings. The lowest BCUT2D eigenvalue weighted by molar-refractivity contribution is -0.00156. The van der Waals surface area contributed by atoms with Crippen LogP contribution in [-0.2, 0) is 9.47 Å². The SMILES string of the molecule is COCCOC1CCC(Nc2ncnc(N)c2C(C)=N)CC1. The number of hydrogen-bond donors (Lipinski definition) is 3. The number of ether oxygens (including phenoxy) is 2. The van der Waals surface area contributed by atoms with Gasteiger partial charge in [0.1, 0.15) is 18.0 Å². The highest BCUT2D eigenvalue weighted by atomic mass is 16.5. The zero-order valence-electron chi connectivity index (χ0n) is 13.3. The maximum atomic E-state index is 7.83. The lowest BCUT2D eigenvalue weighted by atomic mass is 9.92. The maximum Gasteiger partial charge on any atom is 0.140 e. The number of nitrogens with zero attached hydrogens (tertiary/aromatic N) is 2. The normalized spacial score (nSPS) is 21.5. The van der Waals surface area contributed by atoms with E-state index in [4.69, 9.17) is 20.6 Å². The quantitative estimate of drug-likeness (QED) is 0.524. The molecular weight excluding hydrogens is 282 g/mol. The Morgan fingerprint density at radius 1 is 1.32 bits per heavy atom. The highest BCUT2D eigenvalue weighted by Gasteiger charge is 2.23. The van der Waals surface area contributed by atoms with Crippen LogP contribution in [0.3, 0.4) is 0 Å². The summed E-state index contributed by atoms with van der Waals surface area (Å²) in [5.74, 6) is 1.00. The molecule has 0 spiro atoms. The molecule has 2 rings (SSSR count). The number of nitrogen functional groups attached to an aromatic ring is 1. The van der Waals surface area contributed by atoms with Gasteiger partial charge in [0, 0.05) is 18.9 Å². The fourth-order valence-corrected chi connectivity index (χ4v) is 2.74. The molecular formula is C15H25N5O2. The van der Waals surface area contributed by atoms with E-state index in [-0.39, 0.29) is 0 Å². The molecule has 0 unspecified atom stereocenters. The van der Waals surface area contributed by atoms with Gasteiger partial charge in [-0.25, -0.2) is 9.97 Å². The van der Waals surface area contributed by atoms with Gasteiger partial charge in [-0.3, -0.25) is 0 Å². The molecule has 0 aliphatic heterocycles. The molecule has 0 bridgehead atoms. The van der Waals surface area contributed by atoms with Gasteiger partial charge in [-0.15, -0.1) is 0 Å². The number of aromatic nitrogens is 2. The van der Waals surface area contributed by atoms with E-state index >= 15 is 0 Å². The molecule has 0 radical (unpaired) electrons. The van der Waals surface area contributed by atoms with Crippen LogP contribution in [0, 0.1) is 5.41 Å². The van der Waals surface area contributed by atoms with Gasteiger partial charge in [-0.05, 0) is 32.6 Å². The summed E-state index contributed by atoms with van der Waals surface area (Å²) in [5.41, 5.74) is 6.82. The maximum absolute atomic E-state index is 7.83. The molecule has 0 saturated heterocycles. The fourth-order valence-electron chi connectivity index (χ4n) is 2.74. The van der Waals surface area contributed by atoms with E-state index in [0.717, 1.165) is 25.7 Å². The molecule has 1 heterocycles. The molecule has 1 aromatic rings. The first-order valence-corrected chi connectivity index (χ1v) is 7.65. The van der Waals surface area contributed by atoms with Gasteiger partial charge in [-0.1, -0.05) is 0 Å². The Balaban J connectivity index is 1.89. The van der Waals surface area contributed by atoms with Gasteiger partial charge in [0.2, 0.25) is 0 Å². The topological polar surface area (TPSA) is 106 Å². The number of rotatable bonds is 7. The van der Waals surface area contributed by atoms with Crippen LogP contribution in [0.2, 0.25) is 0 Å². The second kappa shape index (κ2) is 8.05. The molecule has 7 nitrogen and oxygen atoms in total. The molecule has 7 heteroatoms. The Morgan fingerprint density at radius 3 is 2.68 bits per heavy atom. The number of hydrogen-bond acceptors (Lipinski definition) is 7. The van der Waals surface area contributed by atoms with Gasteiger partial charge in [0.15, 0.2) is 0 Å². The minimum absolute atomic E-state index is 0.313. The van der Waals surface area contributed by atoms with E-state index < -0.39 is 0 Å². The molecule has 1 aliphatic rings. The fraction of sp³-hybridized carbons (Fsp3) is 0.667. The highest BCUT2D eigenvalue weighted by Crippen LogP contribution is 2.26. The van der Waals surface area contributed by atoms with Gasteiger partial charge in [0.05, 0.1) is 24.9 Å². The van der Waals surface area contributed by atoms with Crippen molar-refractivity contribution in [1.82, 2.24) is 9.97 Å². The molecule has 0 aromatic carbocycles. The van der Waals surface area contributed by atoms with Crippen molar-refractivity contribution in [1.29, 1.82) is 5.41 Å². The third kappa shape index (κ3) is 4.38. The zero-order chi connectivity index (χ0) is 15.9. The summed E-state index contributed by atoms with van der Waals surface area (Å²) in [7, 11) is 1.68. The van der Waals surface area contributed by atoms with Crippen LogP contribution in [0.5, 0.6) is 0 Å². The van der Waals surface area contributed by atoms with Crippen LogP contribution in [0.4, 0.5) is 11.6 Å². The Labute approximate surface area is 131 Å². The van der Waals surface area contributed by atoms with Crippen molar-refractivity contribution in [3.05, 3.63) is 11.9 Å². The van der Waals surface area contributed by atoms with Crippen molar-refractivity contribution in [2.24, 2.45) is 0 Å². The average molecular weight is 307 g/mol. The summed E-state index contributed by atoms with van der Waals surface area (Å²) in [6, 6.07) is 0.328. The van der Waals surface area contributed by atoms with Gasteiger partial charge < -0.3 is 25.9 Å². The third-order valence-corrected chi connectivity index (χ3v) is 3.91. The predicted octanol–water partition coefficient (Wildman–Crippen LogP) is 1.83. The van der Waals surface area contributed by atoms with E-state index in [0.29, 0.717) is 48.3 Å². The first-order chi connectivity index (χ1) is 10.6. The standard InChI is InChI=1S/C15H25N5O2/c1-10(16)13-14(17)18-9-19-15(13)20-11-3-5-12(6-4-11)22-8-7-21-2/h9,11-12,16H,3-8H2,1-2H3,(H3,17,18,19,20). The smallest absolute Gasteiger partial charge is 0.140 e. The van der Waals surface area contributed by atoms with Crippen molar-refractivity contribution in [3.63, 3.8) is 0 Å². The van der Waals surface area contributed by atoms with E-state index in [1.807, 2.05) is 0 Å². The van der Waals surface area contributed by atoms with Crippen molar-refractivity contribution in [2.75, 3.05) is 31.4 Å². The minimum atomic E-state index is 0.313. The Hall–Kier alpha value is -1.73. The number of nitrogens with two attached hydrogens (primary N) is 1. The van der Waals surface area contributed by atoms with Gasteiger partial charge in [0.25, 0.3) is 0 Å². The summed E-state index contributed by atoms with van der Waals surface area (Å²) >= 11 is 0. The van der Waals surface area contributed by atoms with Crippen molar-refractivity contribution < 1.29 is 9.47 Å². The number of methoxy groups -OCH3 is 1. The molecule has 1 saturated carbocycles. The van der Waals surface area contributed by atoms with E-state index in [1.165, 1.54) is 6.33 Å². The highest BCUT2D eigenvalue weighted by molar-refractivity contribution is 6.04. The lowest BCUT2D eigenvalue weighted by Gasteiger charge is -2.30. The molecule has 122 valence electrons. The Kier molecular flexibility index (Phi) is 6.09.